The number of thioether (sulfide) groups is 1. The van der Waals surface area contributed by atoms with Gasteiger partial charge < -0.3 is 0 Å². The lowest BCUT2D eigenvalue weighted by molar-refractivity contribution is 0.102. The third-order valence-electron chi connectivity index (χ3n) is 4.53. The van der Waals surface area contributed by atoms with E-state index in [2.05, 4.69) is 15.1 Å². The normalized spacial score (nSPS) is 14.8. The SMILES string of the molecule is CN(Cc1ccc(C(=O)CSc2ncnc3c2cnn3C)s1)S(=O)(=O)C1CC1. The van der Waals surface area contributed by atoms with Crippen LogP contribution in [0.5, 0.6) is 0 Å². The van der Waals surface area contributed by atoms with E-state index in [1.165, 1.54) is 33.7 Å². The van der Waals surface area contributed by atoms with Gasteiger partial charge in [-0.1, -0.05) is 11.8 Å². The standard InChI is InChI=1S/C17H19N5O3S3/c1-21(28(24,25)12-4-5-12)8-11-3-6-15(27-11)14(23)9-26-17-13-7-20-22(2)16(13)18-10-19-17/h3,6-7,10,12H,4-5,8-9H2,1-2H3. The zero-order valence-electron chi connectivity index (χ0n) is 15.4. The minimum atomic E-state index is -3.21. The van der Waals surface area contributed by atoms with Crippen molar-refractivity contribution in [3.8, 4) is 0 Å². The number of carbonyl (C=O) groups is 1. The third kappa shape index (κ3) is 3.84. The summed E-state index contributed by atoms with van der Waals surface area (Å²) in [5.74, 6) is 0.238. The zero-order valence-corrected chi connectivity index (χ0v) is 17.9. The largest absolute Gasteiger partial charge is 0.292 e. The van der Waals surface area contributed by atoms with Gasteiger partial charge in [-0.2, -0.15) is 9.40 Å². The van der Waals surface area contributed by atoms with Crippen LogP contribution in [0.3, 0.4) is 0 Å². The van der Waals surface area contributed by atoms with Gasteiger partial charge in [0.2, 0.25) is 10.0 Å². The van der Waals surface area contributed by atoms with E-state index in [1.807, 2.05) is 13.1 Å². The second-order valence-electron chi connectivity index (χ2n) is 6.66. The molecule has 0 N–H and O–H groups in total. The van der Waals surface area contributed by atoms with Crippen LogP contribution in [0.1, 0.15) is 27.4 Å². The molecule has 3 heterocycles. The Balaban J connectivity index is 1.40. The molecule has 4 rings (SSSR count). The lowest BCUT2D eigenvalue weighted by atomic mass is 10.3. The Bertz CT molecular complexity index is 1130. The van der Waals surface area contributed by atoms with Gasteiger partial charge in [0.1, 0.15) is 11.4 Å². The monoisotopic (exact) mass is 437 g/mol. The van der Waals surface area contributed by atoms with E-state index in [1.54, 1.807) is 24.0 Å². The molecule has 0 unspecified atom stereocenters. The molecule has 148 valence electrons. The molecule has 0 bridgehead atoms. The molecule has 28 heavy (non-hydrogen) atoms. The highest BCUT2D eigenvalue weighted by molar-refractivity contribution is 8.00. The maximum Gasteiger partial charge on any atom is 0.217 e. The number of carbonyl (C=O) groups excluding carboxylic acids is 1. The van der Waals surface area contributed by atoms with Gasteiger partial charge in [-0.3, -0.25) is 9.48 Å². The number of sulfonamides is 1. The molecule has 1 aliphatic rings. The second kappa shape index (κ2) is 7.54. The summed E-state index contributed by atoms with van der Waals surface area (Å²) >= 11 is 2.69. The first-order chi connectivity index (χ1) is 13.4. The maximum atomic E-state index is 12.6. The van der Waals surface area contributed by atoms with Crippen LogP contribution in [0.25, 0.3) is 11.0 Å². The van der Waals surface area contributed by atoms with Crippen molar-refractivity contribution in [3.05, 3.63) is 34.4 Å². The molecule has 0 atom stereocenters. The number of aromatic nitrogens is 4. The van der Waals surface area contributed by atoms with E-state index in [0.717, 1.165) is 33.8 Å². The van der Waals surface area contributed by atoms with Crippen LogP contribution in [0.2, 0.25) is 0 Å². The summed E-state index contributed by atoms with van der Waals surface area (Å²) in [5.41, 5.74) is 0.725. The van der Waals surface area contributed by atoms with Gasteiger partial charge in [-0.25, -0.2) is 18.4 Å². The first-order valence-electron chi connectivity index (χ1n) is 8.69. The molecule has 3 aromatic rings. The van der Waals surface area contributed by atoms with Gasteiger partial charge in [0.05, 0.1) is 27.5 Å². The smallest absolute Gasteiger partial charge is 0.217 e. The van der Waals surface area contributed by atoms with Crippen molar-refractivity contribution in [2.24, 2.45) is 7.05 Å². The summed E-state index contributed by atoms with van der Waals surface area (Å²) < 4.78 is 27.6. The first-order valence-corrected chi connectivity index (χ1v) is 12.0. The summed E-state index contributed by atoms with van der Waals surface area (Å²) in [6.07, 6.45) is 4.65. The number of Topliss-reactive ketones (excluding diaryl/α,β-unsaturated/α-hetero) is 1. The number of ketones is 1. The lowest BCUT2D eigenvalue weighted by Crippen LogP contribution is -2.29. The number of nitrogens with zero attached hydrogens (tertiary/aromatic N) is 5. The fourth-order valence-electron chi connectivity index (χ4n) is 2.80. The third-order valence-corrected chi connectivity index (χ3v) is 8.96. The number of hydrogen-bond acceptors (Lipinski definition) is 8. The van der Waals surface area contributed by atoms with Crippen molar-refractivity contribution in [2.45, 2.75) is 29.7 Å². The Morgan fingerprint density at radius 2 is 2.14 bits per heavy atom. The quantitative estimate of drug-likeness (QED) is 0.303. The Labute approximate surface area is 171 Å². The van der Waals surface area contributed by atoms with Gasteiger partial charge in [-0.15, -0.1) is 11.3 Å². The second-order valence-corrected chi connectivity index (χ2v) is 11.1. The lowest BCUT2D eigenvalue weighted by Gasteiger charge is -2.15. The van der Waals surface area contributed by atoms with Crippen LogP contribution in [-0.4, -0.2) is 56.3 Å². The van der Waals surface area contributed by atoms with Crippen molar-refractivity contribution >= 4 is 49.9 Å². The van der Waals surface area contributed by atoms with E-state index >= 15 is 0 Å². The van der Waals surface area contributed by atoms with Crippen molar-refractivity contribution in [1.82, 2.24) is 24.1 Å². The summed E-state index contributed by atoms with van der Waals surface area (Å²) in [6, 6.07) is 3.59. The molecule has 11 heteroatoms. The van der Waals surface area contributed by atoms with Crippen LogP contribution < -0.4 is 0 Å². The summed E-state index contributed by atoms with van der Waals surface area (Å²) in [5, 5.41) is 5.49. The number of thiophene rings is 1. The average Bonchev–Trinajstić information content (AvgIpc) is 3.34. The summed E-state index contributed by atoms with van der Waals surface area (Å²) in [7, 11) is 0.193. The molecule has 0 saturated heterocycles. The van der Waals surface area contributed by atoms with Crippen LogP contribution in [0.4, 0.5) is 0 Å². The highest BCUT2D eigenvalue weighted by Crippen LogP contribution is 2.32. The summed E-state index contributed by atoms with van der Waals surface area (Å²) in [4.78, 5) is 22.5. The maximum absolute atomic E-state index is 12.6. The number of rotatable bonds is 8. The molecular weight excluding hydrogens is 418 g/mol. The Hall–Kier alpha value is -1.82. The first kappa shape index (κ1) is 19.5. The Morgan fingerprint density at radius 3 is 2.89 bits per heavy atom. The minimum Gasteiger partial charge on any atom is -0.292 e. The molecule has 8 nitrogen and oxygen atoms in total. The molecule has 0 spiro atoms. The van der Waals surface area contributed by atoms with E-state index < -0.39 is 10.0 Å². The zero-order chi connectivity index (χ0) is 19.9. The van der Waals surface area contributed by atoms with Crippen LogP contribution in [0.15, 0.2) is 29.7 Å². The molecule has 3 aromatic heterocycles. The van der Waals surface area contributed by atoms with Crippen molar-refractivity contribution in [3.63, 3.8) is 0 Å². The van der Waals surface area contributed by atoms with Gasteiger partial charge in [0, 0.05) is 25.5 Å². The molecular formula is C17H19N5O3S3. The van der Waals surface area contributed by atoms with Crippen molar-refractivity contribution in [2.75, 3.05) is 12.8 Å². The molecule has 1 fully saturated rings. The van der Waals surface area contributed by atoms with E-state index in [4.69, 9.17) is 0 Å². The molecule has 0 aromatic carbocycles. The van der Waals surface area contributed by atoms with E-state index in [-0.39, 0.29) is 16.8 Å². The van der Waals surface area contributed by atoms with Crippen LogP contribution >= 0.6 is 23.1 Å². The molecule has 1 aliphatic carbocycles. The molecule has 0 amide bonds. The Morgan fingerprint density at radius 1 is 1.36 bits per heavy atom. The number of fused-ring (bicyclic) bond motifs is 1. The molecule has 0 aliphatic heterocycles. The average molecular weight is 438 g/mol. The van der Waals surface area contributed by atoms with E-state index in [9.17, 15) is 13.2 Å². The number of hydrogen-bond donors (Lipinski definition) is 0. The fourth-order valence-corrected chi connectivity index (χ4v) is 6.38. The van der Waals surface area contributed by atoms with Crippen molar-refractivity contribution in [1.29, 1.82) is 0 Å². The number of aryl methyl sites for hydroxylation is 1. The summed E-state index contributed by atoms with van der Waals surface area (Å²) in [6.45, 7) is 0.298. The van der Waals surface area contributed by atoms with E-state index in [0.29, 0.717) is 11.4 Å². The predicted octanol–water partition coefficient (Wildman–Crippen LogP) is 2.32. The van der Waals surface area contributed by atoms with Gasteiger partial charge in [0.25, 0.3) is 0 Å². The van der Waals surface area contributed by atoms with Gasteiger partial charge in [0.15, 0.2) is 11.4 Å². The topological polar surface area (TPSA) is 98.1 Å². The highest BCUT2D eigenvalue weighted by Gasteiger charge is 2.38. The molecule has 1 saturated carbocycles. The molecule has 0 radical (unpaired) electrons. The van der Waals surface area contributed by atoms with Crippen molar-refractivity contribution < 1.29 is 13.2 Å². The highest BCUT2D eigenvalue weighted by atomic mass is 32.2. The Kier molecular flexibility index (Phi) is 5.25. The predicted molar refractivity (Wildman–Crippen MR) is 109 cm³/mol. The van der Waals surface area contributed by atoms with Crippen LogP contribution in [-0.2, 0) is 23.6 Å². The fraction of sp³-hybridized carbons (Fsp3) is 0.412. The van der Waals surface area contributed by atoms with Gasteiger partial charge >= 0.3 is 0 Å². The van der Waals surface area contributed by atoms with Crippen LogP contribution in [0, 0.1) is 0 Å². The minimum absolute atomic E-state index is 0.00962. The van der Waals surface area contributed by atoms with Gasteiger partial charge in [-0.05, 0) is 25.0 Å².